The van der Waals surface area contributed by atoms with Gasteiger partial charge in [-0.3, -0.25) is 9.59 Å². The zero-order valence-corrected chi connectivity index (χ0v) is 29.9. The largest absolute Gasteiger partial charge is 0.422 e. The Morgan fingerprint density at radius 3 is 1.98 bits per heavy atom. The van der Waals surface area contributed by atoms with E-state index in [1.165, 1.54) is 44.2 Å². The standard InChI is InChI=1S/C38H26ClF6NO5S2/c1-4-25-29-30(26(51-25)15-10-20-8-6-5-7-9-20)34(48)46(33(29)47)21-11-13-22(14-12-21)50-35(49)27-16-23(18(2)52-27)31-32(24-17-28(39)53-19(24)3)37(42,43)38(44,45)36(31,40)41/h4-17,25-26,29-30H,1H2,2-3H3. The minimum atomic E-state index is -5.78. The van der Waals surface area contributed by atoms with E-state index in [-0.39, 0.29) is 30.4 Å². The third-order valence-corrected chi connectivity index (χ3v) is 11.7. The number of rotatable bonds is 8. The number of thiophene rings is 2. The number of hydrogen-bond donors (Lipinski definition) is 0. The second-order valence-corrected chi connectivity index (χ2v) is 15.7. The molecule has 0 saturated carbocycles. The molecule has 1 aliphatic carbocycles. The number of ether oxygens (including phenoxy) is 2. The molecule has 2 aliphatic heterocycles. The summed E-state index contributed by atoms with van der Waals surface area (Å²) in [6, 6.07) is 16.4. The van der Waals surface area contributed by atoms with Crippen LogP contribution < -0.4 is 9.64 Å². The summed E-state index contributed by atoms with van der Waals surface area (Å²) < 4.78 is 102. The summed E-state index contributed by atoms with van der Waals surface area (Å²) in [6.45, 7) is 6.29. The lowest BCUT2D eigenvalue weighted by Gasteiger charge is -2.25. The first-order valence-electron chi connectivity index (χ1n) is 16.0. The first-order valence-corrected chi connectivity index (χ1v) is 18.0. The first kappa shape index (κ1) is 36.8. The monoisotopic (exact) mass is 789 g/mol. The molecule has 6 nitrogen and oxygen atoms in total. The number of imide groups is 1. The minimum Gasteiger partial charge on any atom is -0.422 e. The summed E-state index contributed by atoms with van der Waals surface area (Å²) in [7, 11) is 0. The van der Waals surface area contributed by atoms with Crippen LogP contribution >= 0.6 is 34.3 Å². The number of nitrogens with zero attached hydrogens (tertiary/aromatic N) is 1. The van der Waals surface area contributed by atoms with E-state index in [0.29, 0.717) is 11.3 Å². The zero-order valence-electron chi connectivity index (χ0n) is 27.6. The van der Waals surface area contributed by atoms with Gasteiger partial charge in [-0.1, -0.05) is 60.2 Å². The molecule has 0 N–H and O–H groups in total. The number of anilines is 1. The summed E-state index contributed by atoms with van der Waals surface area (Å²) in [4.78, 5) is 41.0. The average Bonchev–Trinajstić information content (AvgIpc) is 3.86. The van der Waals surface area contributed by atoms with E-state index >= 15 is 17.6 Å². The molecule has 274 valence electrons. The van der Waals surface area contributed by atoms with Crippen molar-refractivity contribution in [2.45, 2.75) is 43.8 Å². The van der Waals surface area contributed by atoms with Crippen LogP contribution in [0.1, 0.15) is 36.1 Å². The number of amides is 2. The number of carbonyl (C=O) groups is 3. The Kier molecular flexibility index (Phi) is 9.12. The summed E-state index contributed by atoms with van der Waals surface area (Å²) in [5, 5.41) is 0. The topological polar surface area (TPSA) is 72.9 Å². The second-order valence-electron chi connectivity index (χ2n) is 12.6. The van der Waals surface area contributed by atoms with Crippen molar-refractivity contribution in [1.29, 1.82) is 0 Å². The number of benzene rings is 2. The van der Waals surface area contributed by atoms with Crippen molar-refractivity contribution in [3.8, 4) is 5.75 Å². The molecule has 4 unspecified atom stereocenters. The highest BCUT2D eigenvalue weighted by Crippen LogP contribution is 2.66. The van der Waals surface area contributed by atoms with Gasteiger partial charge in [0.2, 0.25) is 11.8 Å². The number of halogens is 7. The Labute approximate surface area is 311 Å². The molecule has 2 aromatic heterocycles. The van der Waals surface area contributed by atoms with E-state index in [0.717, 1.165) is 33.9 Å². The Morgan fingerprint density at radius 2 is 1.42 bits per heavy atom. The molecule has 53 heavy (non-hydrogen) atoms. The van der Waals surface area contributed by atoms with Gasteiger partial charge in [0.15, 0.2) is 0 Å². The second kappa shape index (κ2) is 13.1. The van der Waals surface area contributed by atoms with Crippen molar-refractivity contribution >= 4 is 75.0 Å². The van der Waals surface area contributed by atoms with Gasteiger partial charge in [0.25, 0.3) is 0 Å². The fourth-order valence-corrected chi connectivity index (χ4v) is 9.02. The fourth-order valence-electron chi connectivity index (χ4n) is 6.92. The summed E-state index contributed by atoms with van der Waals surface area (Å²) in [6.07, 6.45) is 3.59. The van der Waals surface area contributed by atoms with Crippen LogP contribution in [0.5, 0.6) is 5.75 Å². The smallest absolute Gasteiger partial charge is 0.380 e. The van der Waals surface area contributed by atoms with Crippen LogP contribution in [-0.2, 0) is 14.3 Å². The van der Waals surface area contributed by atoms with Gasteiger partial charge < -0.3 is 9.47 Å². The van der Waals surface area contributed by atoms with Gasteiger partial charge >= 0.3 is 23.7 Å². The predicted octanol–water partition coefficient (Wildman–Crippen LogP) is 9.90. The number of allylic oxidation sites excluding steroid dienone is 2. The van der Waals surface area contributed by atoms with Crippen molar-refractivity contribution in [1.82, 2.24) is 0 Å². The van der Waals surface area contributed by atoms with Crippen LogP contribution in [0.4, 0.5) is 32.0 Å². The number of esters is 1. The number of fused-ring (bicyclic) bond motifs is 1. The predicted molar refractivity (Wildman–Crippen MR) is 190 cm³/mol. The number of carbonyl (C=O) groups excluding carboxylic acids is 3. The highest BCUT2D eigenvalue weighted by atomic mass is 35.5. The molecular formula is C38H26ClF6NO5S2. The van der Waals surface area contributed by atoms with Crippen LogP contribution in [0.15, 0.2) is 85.5 Å². The van der Waals surface area contributed by atoms with Crippen molar-refractivity contribution in [3.05, 3.63) is 121 Å². The van der Waals surface area contributed by atoms with Gasteiger partial charge in [-0.05, 0) is 66.9 Å². The summed E-state index contributed by atoms with van der Waals surface area (Å²) in [5.74, 6) is -20.1. The minimum absolute atomic E-state index is 0.0285. The van der Waals surface area contributed by atoms with Gasteiger partial charge in [0.1, 0.15) is 10.6 Å². The van der Waals surface area contributed by atoms with Gasteiger partial charge in [-0.2, -0.15) is 26.3 Å². The van der Waals surface area contributed by atoms with E-state index in [1.807, 2.05) is 30.3 Å². The molecule has 0 bridgehead atoms. The van der Waals surface area contributed by atoms with E-state index in [1.54, 1.807) is 12.2 Å². The maximum atomic E-state index is 15.4. The molecular weight excluding hydrogens is 764 g/mol. The maximum absolute atomic E-state index is 15.4. The Balaban J connectivity index is 1.13. The summed E-state index contributed by atoms with van der Waals surface area (Å²) in [5.41, 5.74) is -3.31. The molecule has 2 aromatic carbocycles. The van der Waals surface area contributed by atoms with Gasteiger partial charge in [-0.15, -0.1) is 29.3 Å². The van der Waals surface area contributed by atoms with Crippen molar-refractivity contribution in [3.63, 3.8) is 0 Å². The van der Waals surface area contributed by atoms with Gasteiger partial charge in [0.05, 0.1) is 34.1 Å². The van der Waals surface area contributed by atoms with E-state index < -0.39 is 81.9 Å². The van der Waals surface area contributed by atoms with Gasteiger partial charge in [0, 0.05) is 20.9 Å². The third-order valence-electron chi connectivity index (χ3n) is 9.45. The third kappa shape index (κ3) is 5.77. The molecule has 2 saturated heterocycles. The van der Waals surface area contributed by atoms with Crippen molar-refractivity contribution < 1.29 is 50.2 Å². The van der Waals surface area contributed by atoms with E-state index in [2.05, 4.69) is 6.58 Å². The molecule has 4 atom stereocenters. The normalized spacial score (nSPS) is 24.4. The Hall–Kier alpha value is -4.50. The molecule has 4 aromatic rings. The number of hydrogen-bond acceptors (Lipinski definition) is 7. The molecule has 15 heteroatoms. The highest BCUT2D eigenvalue weighted by Gasteiger charge is 2.80. The molecule has 3 aliphatic rings. The van der Waals surface area contributed by atoms with Crippen LogP contribution in [0, 0.1) is 25.7 Å². The van der Waals surface area contributed by atoms with Crippen molar-refractivity contribution in [2.24, 2.45) is 11.8 Å². The molecule has 2 fully saturated rings. The average molecular weight is 790 g/mol. The molecule has 2 amide bonds. The van der Waals surface area contributed by atoms with Crippen LogP contribution in [0.25, 0.3) is 17.2 Å². The molecule has 0 radical (unpaired) electrons. The summed E-state index contributed by atoms with van der Waals surface area (Å²) >= 11 is 7.29. The van der Waals surface area contributed by atoms with Crippen molar-refractivity contribution in [2.75, 3.05) is 4.90 Å². The quantitative estimate of drug-likeness (QED) is 0.0585. The number of alkyl halides is 6. The van der Waals surface area contributed by atoms with Crippen LogP contribution in [0.3, 0.4) is 0 Å². The van der Waals surface area contributed by atoms with Crippen LogP contribution in [-0.4, -0.2) is 47.8 Å². The number of aryl methyl sites for hydroxylation is 2. The van der Waals surface area contributed by atoms with Gasteiger partial charge in [-0.25, -0.2) is 9.69 Å². The molecule has 4 heterocycles. The zero-order chi connectivity index (χ0) is 38.2. The fraction of sp³-hybridized carbons (Fsp3) is 0.237. The molecule has 0 spiro atoms. The van der Waals surface area contributed by atoms with E-state index in [9.17, 15) is 23.2 Å². The van der Waals surface area contributed by atoms with E-state index in [4.69, 9.17) is 21.1 Å². The lowest BCUT2D eigenvalue weighted by atomic mass is 9.89. The first-order chi connectivity index (χ1) is 25.0. The SMILES string of the molecule is C=CC1OC(C=Cc2ccccc2)C2C(=O)N(c3ccc(OC(=O)c4cc(C5=C(c6cc(Cl)sc6C)C(F)(F)C(F)(F)C5(F)F)c(C)s4)cc3)C(=O)C12. The maximum Gasteiger partial charge on any atom is 0.380 e. The Bertz CT molecular complexity index is 2230. The Morgan fingerprint density at radius 1 is 0.849 bits per heavy atom. The lowest BCUT2D eigenvalue weighted by Crippen LogP contribution is -2.48. The lowest BCUT2D eigenvalue weighted by molar-refractivity contribution is -0.254. The highest BCUT2D eigenvalue weighted by molar-refractivity contribution is 7.16. The molecule has 7 rings (SSSR count). The van der Waals surface area contributed by atoms with Crippen LogP contribution in [0.2, 0.25) is 4.34 Å².